The molecule has 0 unspecified atom stereocenters. The Kier molecular flexibility index (Phi) is 8.70. The third kappa shape index (κ3) is 6.55. The molecule has 5 rings (SSSR count). The normalized spacial score (nSPS) is 17.2. The van der Waals surface area contributed by atoms with Gasteiger partial charge in [0.25, 0.3) is 0 Å². The molecule has 2 aliphatic rings. The number of rotatable bonds is 7. The van der Waals surface area contributed by atoms with E-state index in [2.05, 4.69) is 46.0 Å². The fourth-order valence-corrected chi connectivity index (χ4v) is 5.66. The van der Waals surface area contributed by atoms with Crippen LogP contribution in [0.2, 0.25) is 0 Å². The molecule has 0 aliphatic carbocycles. The molecule has 5 nitrogen and oxygen atoms in total. The largest absolute Gasteiger partial charge is 0.366 e. The SMILES string of the molecule is CC(C)c1ccc(CN2CCN(C(c3ccc(F)cc3)c3ccc(F)cc3)CC2)c(=O)c(N2CCNCC2)c1. The van der Waals surface area contributed by atoms with Gasteiger partial charge >= 0.3 is 0 Å². The van der Waals surface area contributed by atoms with Crippen molar-refractivity contribution in [1.82, 2.24) is 15.1 Å². The van der Waals surface area contributed by atoms with Gasteiger partial charge in [0.15, 0.2) is 0 Å². The molecule has 0 atom stereocenters. The highest BCUT2D eigenvalue weighted by Gasteiger charge is 2.27. The lowest BCUT2D eigenvalue weighted by atomic mass is 9.96. The third-order valence-corrected chi connectivity index (χ3v) is 7.97. The highest BCUT2D eigenvalue weighted by molar-refractivity contribution is 5.51. The fraction of sp³-hybridized carbons (Fsp3) is 0.406. The highest BCUT2D eigenvalue weighted by atomic mass is 19.1. The van der Waals surface area contributed by atoms with Crippen molar-refractivity contribution < 1.29 is 8.78 Å². The monoisotopic (exact) mass is 532 g/mol. The van der Waals surface area contributed by atoms with E-state index in [1.807, 2.05) is 30.3 Å². The van der Waals surface area contributed by atoms with E-state index in [0.29, 0.717) is 12.5 Å². The average Bonchev–Trinajstić information content (AvgIpc) is 3.11. The van der Waals surface area contributed by atoms with Gasteiger partial charge in [-0.1, -0.05) is 50.2 Å². The van der Waals surface area contributed by atoms with Crippen LogP contribution in [0.3, 0.4) is 0 Å². The maximum atomic E-state index is 13.8. The van der Waals surface area contributed by atoms with Crippen molar-refractivity contribution >= 4 is 5.69 Å². The molecule has 2 saturated heterocycles. The predicted octanol–water partition coefficient (Wildman–Crippen LogP) is 4.77. The van der Waals surface area contributed by atoms with Crippen LogP contribution in [-0.2, 0) is 6.54 Å². The summed E-state index contributed by atoms with van der Waals surface area (Å²) in [5.41, 5.74) is 4.91. The summed E-state index contributed by atoms with van der Waals surface area (Å²) in [6.07, 6.45) is 0. The van der Waals surface area contributed by atoms with Gasteiger partial charge in [0.05, 0.1) is 11.7 Å². The molecule has 0 bridgehead atoms. The molecule has 3 aromatic carbocycles. The Morgan fingerprint density at radius 1 is 0.744 bits per heavy atom. The smallest absolute Gasteiger partial charge is 0.206 e. The molecule has 0 spiro atoms. The van der Waals surface area contributed by atoms with Crippen LogP contribution >= 0.6 is 0 Å². The molecule has 3 aromatic rings. The summed E-state index contributed by atoms with van der Waals surface area (Å²) in [6, 6.07) is 19.3. The molecular weight excluding hydrogens is 494 g/mol. The summed E-state index contributed by atoms with van der Waals surface area (Å²) in [6.45, 7) is 11.6. The highest BCUT2D eigenvalue weighted by Crippen LogP contribution is 2.30. The van der Waals surface area contributed by atoms with Crippen molar-refractivity contribution in [2.45, 2.75) is 32.4 Å². The predicted molar refractivity (Wildman–Crippen MR) is 153 cm³/mol. The van der Waals surface area contributed by atoms with Crippen LogP contribution in [0.15, 0.2) is 71.5 Å². The van der Waals surface area contributed by atoms with Gasteiger partial charge < -0.3 is 10.2 Å². The first kappa shape index (κ1) is 27.4. The first-order valence-corrected chi connectivity index (χ1v) is 14.0. The lowest BCUT2D eigenvalue weighted by Crippen LogP contribution is -2.48. The molecule has 206 valence electrons. The number of halogens is 2. The zero-order chi connectivity index (χ0) is 27.4. The van der Waals surface area contributed by atoms with Gasteiger partial charge in [0.1, 0.15) is 11.6 Å². The van der Waals surface area contributed by atoms with Gasteiger partial charge in [-0.15, -0.1) is 0 Å². The Bertz CT molecular complexity index is 1250. The van der Waals surface area contributed by atoms with Gasteiger partial charge in [-0.2, -0.15) is 0 Å². The van der Waals surface area contributed by atoms with Gasteiger partial charge in [0.2, 0.25) is 5.43 Å². The molecule has 0 saturated carbocycles. The maximum absolute atomic E-state index is 13.8. The van der Waals surface area contributed by atoms with E-state index in [4.69, 9.17) is 0 Å². The van der Waals surface area contributed by atoms with E-state index in [-0.39, 0.29) is 23.1 Å². The molecule has 2 heterocycles. The van der Waals surface area contributed by atoms with Crippen molar-refractivity contribution in [2.24, 2.45) is 0 Å². The van der Waals surface area contributed by atoms with Crippen molar-refractivity contribution in [3.63, 3.8) is 0 Å². The molecule has 0 radical (unpaired) electrons. The summed E-state index contributed by atoms with van der Waals surface area (Å²) in [7, 11) is 0. The van der Waals surface area contributed by atoms with Gasteiger partial charge in [-0.3, -0.25) is 14.6 Å². The zero-order valence-corrected chi connectivity index (χ0v) is 22.9. The second-order valence-corrected chi connectivity index (χ2v) is 10.9. The van der Waals surface area contributed by atoms with Crippen LogP contribution in [-0.4, -0.2) is 62.2 Å². The van der Waals surface area contributed by atoms with Crippen LogP contribution in [0.4, 0.5) is 14.5 Å². The summed E-state index contributed by atoms with van der Waals surface area (Å²) >= 11 is 0. The molecule has 39 heavy (non-hydrogen) atoms. The minimum absolute atomic E-state index is 0.0918. The quantitative estimate of drug-likeness (QED) is 0.475. The summed E-state index contributed by atoms with van der Waals surface area (Å²) in [5.74, 6) is -0.205. The van der Waals surface area contributed by atoms with E-state index in [1.54, 1.807) is 0 Å². The Morgan fingerprint density at radius 3 is 1.82 bits per heavy atom. The topological polar surface area (TPSA) is 38.8 Å². The fourth-order valence-electron chi connectivity index (χ4n) is 5.66. The number of anilines is 1. The zero-order valence-electron chi connectivity index (χ0n) is 22.9. The lowest BCUT2D eigenvalue weighted by Gasteiger charge is -2.39. The van der Waals surface area contributed by atoms with Crippen LogP contribution < -0.4 is 15.6 Å². The Balaban J connectivity index is 1.35. The lowest BCUT2D eigenvalue weighted by molar-refractivity contribution is 0.104. The summed E-state index contributed by atoms with van der Waals surface area (Å²) in [5, 5.41) is 3.38. The first-order valence-electron chi connectivity index (χ1n) is 14.0. The number of benzene rings is 2. The standard InChI is InChI=1S/C32H38F2N4O/c1-23(2)26-3-4-27(32(39)30(21-26)37-15-13-35-14-16-37)22-36-17-19-38(20-18-36)31(24-5-9-28(33)10-6-24)25-7-11-29(34)12-8-25/h3-12,21,23,31,35H,13-20,22H2,1-2H3. The molecule has 2 fully saturated rings. The van der Waals surface area contributed by atoms with Crippen LogP contribution in [0.1, 0.15) is 48.1 Å². The van der Waals surface area contributed by atoms with Gasteiger partial charge in [-0.05, 0) is 52.9 Å². The number of piperazine rings is 2. The second-order valence-electron chi connectivity index (χ2n) is 10.9. The van der Waals surface area contributed by atoms with Crippen LogP contribution in [0, 0.1) is 11.6 Å². The summed E-state index contributed by atoms with van der Waals surface area (Å²) in [4.78, 5) is 20.7. The molecule has 1 N–H and O–H groups in total. The molecule has 7 heteroatoms. The number of nitrogens with one attached hydrogen (secondary N) is 1. The van der Waals surface area contributed by atoms with Crippen molar-refractivity contribution in [3.05, 3.63) is 111 Å². The molecular formula is C32H38F2N4O. The summed E-state index contributed by atoms with van der Waals surface area (Å²) < 4.78 is 27.4. The van der Waals surface area contributed by atoms with Crippen molar-refractivity contribution in [3.8, 4) is 0 Å². The van der Waals surface area contributed by atoms with Crippen LogP contribution in [0.5, 0.6) is 0 Å². The van der Waals surface area contributed by atoms with Gasteiger partial charge in [-0.25, -0.2) is 8.78 Å². The van der Waals surface area contributed by atoms with Crippen molar-refractivity contribution in [1.29, 1.82) is 0 Å². The Labute approximate surface area is 230 Å². The minimum atomic E-state index is -0.272. The molecule has 2 aliphatic heterocycles. The maximum Gasteiger partial charge on any atom is 0.206 e. The number of hydrogen-bond donors (Lipinski definition) is 1. The van der Waals surface area contributed by atoms with E-state index < -0.39 is 0 Å². The van der Waals surface area contributed by atoms with Crippen LogP contribution in [0.25, 0.3) is 0 Å². The minimum Gasteiger partial charge on any atom is -0.366 e. The van der Waals surface area contributed by atoms with Gasteiger partial charge in [0, 0.05) is 64.5 Å². The van der Waals surface area contributed by atoms with E-state index in [0.717, 1.165) is 74.7 Å². The third-order valence-electron chi connectivity index (χ3n) is 7.97. The van der Waals surface area contributed by atoms with Crippen molar-refractivity contribution in [2.75, 3.05) is 57.3 Å². The number of hydrogen-bond acceptors (Lipinski definition) is 5. The van der Waals surface area contributed by atoms with E-state index in [9.17, 15) is 13.6 Å². The molecule has 0 amide bonds. The first-order chi connectivity index (χ1) is 18.9. The Morgan fingerprint density at radius 2 is 1.28 bits per heavy atom. The van der Waals surface area contributed by atoms with E-state index >= 15 is 0 Å². The van der Waals surface area contributed by atoms with E-state index in [1.165, 1.54) is 29.8 Å². The Hall–Kier alpha value is -3.13. The second kappa shape index (κ2) is 12.4. The number of nitrogens with zero attached hydrogens (tertiary/aromatic N) is 3. The molecule has 0 aromatic heterocycles. The average molecular weight is 533 g/mol.